The van der Waals surface area contributed by atoms with E-state index in [0.29, 0.717) is 11.4 Å². The fraction of sp³-hybridized carbons (Fsp3) is 0.300. The van der Waals surface area contributed by atoms with Gasteiger partial charge in [-0.1, -0.05) is 15.9 Å². The third-order valence-electron chi connectivity index (χ3n) is 1.95. The summed E-state index contributed by atoms with van der Waals surface area (Å²) in [4.78, 5) is 12.7. The van der Waals surface area contributed by atoms with Crippen LogP contribution in [0, 0.1) is 0 Å². The molecular formula is C10H12BrNO3. The first kappa shape index (κ1) is 11.8. The molecule has 0 fully saturated rings. The van der Waals surface area contributed by atoms with E-state index in [-0.39, 0.29) is 0 Å². The van der Waals surface area contributed by atoms with E-state index in [0.717, 1.165) is 4.47 Å². The molecule has 0 unspecified atom stereocenters. The highest BCUT2D eigenvalue weighted by Crippen LogP contribution is 2.30. The number of halogens is 1. The van der Waals surface area contributed by atoms with Crippen molar-refractivity contribution in [1.82, 2.24) is 0 Å². The summed E-state index contributed by atoms with van der Waals surface area (Å²) in [7, 11) is 4.51. The van der Waals surface area contributed by atoms with Gasteiger partial charge in [-0.15, -0.1) is 0 Å². The van der Waals surface area contributed by atoms with Crippen molar-refractivity contribution in [3.05, 3.63) is 22.7 Å². The van der Waals surface area contributed by atoms with Gasteiger partial charge in [-0.05, 0) is 18.2 Å². The van der Waals surface area contributed by atoms with Crippen molar-refractivity contribution >= 4 is 27.7 Å². The fourth-order valence-electron chi connectivity index (χ4n) is 1.16. The minimum absolute atomic E-state index is 0.439. The number of hydrogen-bond donors (Lipinski definition) is 0. The maximum Gasteiger partial charge on any atom is 0.413 e. The molecule has 1 aromatic carbocycles. The summed E-state index contributed by atoms with van der Waals surface area (Å²) in [5.74, 6) is 0.617. The molecule has 4 nitrogen and oxygen atoms in total. The number of carbonyl (C=O) groups excluding carboxylic acids is 1. The van der Waals surface area contributed by atoms with E-state index in [9.17, 15) is 4.79 Å². The molecule has 0 heterocycles. The van der Waals surface area contributed by atoms with E-state index in [4.69, 9.17) is 4.74 Å². The minimum Gasteiger partial charge on any atom is -0.495 e. The first-order chi connectivity index (χ1) is 7.10. The summed E-state index contributed by atoms with van der Waals surface area (Å²) < 4.78 is 10.6. The standard InChI is InChI=1S/C10H12BrNO3/c1-12(10(13)15-3)8-6-7(11)4-5-9(8)14-2/h4-6H,1-3H3. The first-order valence-corrected chi connectivity index (χ1v) is 5.04. The lowest BCUT2D eigenvalue weighted by Crippen LogP contribution is -2.26. The Hall–Kier alpha value is -1.23. The van der Waals surface area contributed by atoms with E-state index >= 15 is 0 Å². The average Bonchev–Trinajstić information content (AvgIpc) is 2.27. The van der Waals surface area contributed by atoms with Gasteiger partial charge in [0.1, 0.15) is 5.75 Å². The van der Waals surface area contributed by atoms with Crippen molar-refractivity contribution in [1.29, 1.82) is 0 Å². The second-order valence-electron chi connectivity index (χ2n) is 2.85. The maximum atomic E-state index is 11.3. The second kappa shape index (κ2) is 5.02. The van der Waals surface area contributed by atoms with Gasteiger partial charge in [0.05, 0.1) is 19.9 Å². The van der Waals surface area contributed by atoms with Crippen LogP contribution in [-0.4, -0.2) is 27.4 Å². The first-order valence-electron chi connectivity index (χ1n) is 4.25. The number of benzene rings is 1. The second-order valence-corrected chi connectivity index (χ2v) is 3.76. The van der Waals surface area contributed by atoms with Crippen LogP contribution < -0.4 is 9.64 Å². The van der Waals surface area contributed by atoms with Crippen LogP contribution in [0.2, 0.25) is 0 Å². The Balaban J connectivity index is 3.10. The van der Waals surface area contributed by atoms with E-state index in [1.54, 1.807) is 26.3 Å². The Labute approximate surface area is 96.9 Å². The van der Waals surface area contributed by atoms with Gasteiger partial charge < -0.3 is 9.47 Å². The highest BCUT2D eigenvalue weighted by atomic mass is 79.9. The molecule has 82 valence electrons. The number of anilines is 1. The van der Waals surface area contributed by atoms with Gasteiger partial charge in [0.2, 0.25) is 0 Å². The Morgan fingerprint density at radius 3 is 2.60 bits per heavy atom. The van der Waals surface area contributed by atoms with Gasteiger partial charge in [0.25, 0.3) is 0 Å². The number of amides is 1. The third kappa shape index (κ3) is 2.62. The van der Waals surface area contributed by atoms with Crippen LogP contribution in [0.3, 0.4) is 0 Å². The Morgan fingerprint density at radius 1 is 1.40 bits per heavy atom. The third-order valence-corrected chi connectivity index (χ3v) is 2.44. The molecule has 0 spiro atoms. The topological polar surface area (TPSA) is 38.8 Å². The number of nitrogens with zero attached hydrogens (tertiary/aromatic N) is 1. The van der Waals surface area contributed by atoms with Crippen molar-refractivity contribution in [2.45, 2.75) is 0 Å². The lowest BCUT2D eigenvalue weighted by atomic mass is 10.3. The van der Waals surface area contributed by atoms with Crippen molar-refractivity contribution < 1.29 is 14.3 Å². The molecule has 0 aliphatic carbocycles. The lowest BCUT2D eigenvalue weighted by molar-refractivity contribution is 0.180. The Morgan fingerprint density at radius 2 is 2.07 bits per heavy atom. The van der Waals surface area contributed by atoms with Gasteiger partial charge in [0.15, 0.2) is 0 Å². The van der Waals surface area contributed by atoms with Crippen LogP contribution in [0.5, 0.6) is 5.75 Å². The zero-order chi connectivity index (χ0) is 11.4. The summed E-state index contributed by atoms with van der Waals surface area (Å²) in [5, 5.41) is 0. The van der Waals surface area contributed by atoms with E-state index < -0.39 is 6.09 Å². The van der Waals surface area contributed by atoms with Gasteiger partial charge in [-0.3, -0.25) is 4.90 Å². The van der Waals surface area contributed by atoms with Crippen LogP contribution in [0.1, 0.15) is 0 Å². The van der Waals surface area contributed by atoms with Crippen molar-refractivity contribution in [3.63, 3.8) is 0 Å². The number of carbonyl (C=O) groups is 1. The largest absolute Gasteiger partial charge is 0.495 e. The molecule has 0 saturated carbocycles. The van der Waals surface area contributed by atoms with Gasteiger partial charge in [-0.2, -0.15) is 0 Å². The van der Waals surface area contributed by atoms with Crippen molar-refractivity contribution in [3.8, 4) is 5.75 Å². The maximum absolute atomic E-state index is 11.3. The molecule has 0 aromatic heterocycles. The number of ether oxygens (including phenoxy) is 2. The predicted molar refractivity (Wildman–Crippen MR) is 61.5 cm³/mol. The molecule has 5 heteroatoms. The van der Waals surface area contributed by atoms with Crippen LogP contribution in [0.15, 0.2) is 22.7 Å². The summed E-state index contributed by atoms with van der Waals surface area (Å²) >= 11 is 3.33. The molecule has 1 aromatic rings. The summed E-state index contributed by atoms with van der Waals surface area (Å²) in [6.45, 7) is 0. The minimum atomic E-state index is -0.439. The summed E-state index contributed by atoms with van der Waals surface area (Å²) in [6, 6.07) is 5.40. The monoisotopic (exact) mass is 273 g/mol. The van der Waals surface area contributed by atoms with Crippen molar-refractivity contribution in [2.75, 3.05) is 26.2 Å². The number of rotatable bonds is 2. The summed E-state index contributed by atoms with van der Waals surface area (Å²) in [6.07, 6.45) is -0.439. The highest BCUT2D eigenvalue weighted by molar-refractivity contribution is 9.10. The quantitative estimate of drug-likeness (QED) is 0.832. The molecule has 0 radical (unpaired) electrons. The molecule has 0 aliphatic rings. The smallest absolute Gasteiger partial charge is 0.413 e. The van der Waals surface area contributed by atoms with Gasteiger partial charge in [-0.25, -0.2) is 4.79 Å². The van der Waals surface area contributed by atoms with E-state index in [2.05, 4.69) is 20.7 Å². The van der Waals surface area contributed by atoms with Crippen LogP contribution in [-0.2, 0) is 4.74 Å². The lowest BCUT2D eigenvalue weighted by Gasteiger charge is -2.18. The molecule has 0 aliphatic heterocycles. The van der Waals surface area contributed by atoms with Crippen LogP contribution >= 0.6 is 15.9 Å². The van der Waals surface area contributed by atoms with Crippen LogP contribution in [0.25, 0.3) is 0 Å². The van der Waals surface area contributed by atoms with Gasteiger partial charge >= 0.3 is 6.09 Å². The molecular weight excluding hydrogens is 262 g/mol. The Kier molecular flexibility index (Phi) is 3.96. The Bertz CT molecular complexity index is 368. The molecule has 0 saturated heterocycles. The van der Waals surface area contributed by atoms with E-state index in [1.807, 2.05) is 6.07 Å². The summed E-state index contributed by atoms with van der Waals surface area (Å²) in [5.41, 5.74) is 0.652. The number of methoxy groups -OCH3 is 2. The van der Waals surface area contributed by atoms with Crippen molar-refractivity contribution in [2.24, 2.45) is 0 Å². The SMILES string of the molecule is COC(=O)N(C)c1cc(Br)ccc1OC. The molecule has 0 atom stereocenters. The molecule has 1 rings (SSSR count). The number of hydrogen-bond acceptors (Lipinski definition) is 3. The predicted octanol–water partition coefficient (Wildman–Crippen LogP) is 2.66. The average molecular weight is 274 g/mol. The molecule has 0 bridgehead atoms. The van der Waals surface area contributed by atoms with Crippen LogP contribution in [0.4, 0.5) is 10.5 Å². The van der Waals surface area contributed by atoms with Gasteiger partial charge in [0, 0.05) is 11.5 Å². The molecule has 0 N–H and O–H groups in total. The molecule has 15 heavy (non-hydrogen) atoms. The normalized spacial score (nSPS) is 9.60. The molecule has 1 amide bonds. The highest BCUT2D eigenvalue weighted by Gasteiger charge is 2.15. The van der Waals surface area contributed by atoms with E-state index in [1.165, 1.54) is 12.0 Å². The zero-order valence-corrected chi connectivity index (χ0v) is 10.4. The fourth-order valence-corrected chi connectivity index (χ4v) is 1.51. The zero-order valence-electron chi connectivity index (χ0n) is 8.78.